The van der Waals surface area contributed by atoms with Crippen molar-refractivity contribution in [3.63, 3.8) is 0 Å². The molecule has 1 heterocycles. The fraction of sp³-hybridized carbons (Fsp3) is 0.333. The molecule has 1 aromatic rings. The molecule has 17 heavy (non-hydrogen) atoms. The molecule has 1 aromatic carbocycles. The summed E-state index contributed by atoms with van der Waals surface area (Å²) in [7, 11) is 1.86. The zero-order chi connectivity index (χ0) is 12.3. The monoisotopic (exact) mass is 231 g/mol. The molecule has 0 atom stereocenters. The van der Waals surface area contributed by atoms with Crippen LogP contribution in [0, 0.1) is 11.3 Å². The molecule has 2 rings (SSSR count). The highest BCUT2D eigenvalue weighted by molar-refractivity contribution is 5.98. The molecule has 5 nitrogen and oxygen atoms in total. The van der Waals surface area contributed by atoms with Gasteiger partial charge < -0.3 is 10.1 Å². The van der Waals surface area contributed by atoms with Crippen LogP contribution in [-0.4, -0.2) is 26.1 Å². The Hall–Kier alpha value is -2.06. The van der Waals surface area contributed by atoms with Gasteiger partial charge in [-0.25, -0.2) is 0 Å². The number of benzene rings is 1. The van der Waals surface area contributed by atoms with E-state index in [9.17, 15) is 4.79 Å². The van der Waals surface area contributed by atoms with E-state index >= 15 is 0 Å². The third-order valence-electron chi connectivity index (χ3n) is 2.58. The lowest BCUT2D eigenvalue weighted by Crippen LogP contribution is -2.39. The Kier molecular flexibility index (Phi) is 3.26. The molecule has 1 N–H and O–H groups in total. The van der Waals surface area contributed by atoms with Crippen molar-refractivity contribution in [1.82, 2.24) is 5.32 Å². The molecular weight excluding hydrogens is 218 g/mol. The largest absolute Gasteiger partial charge is 0.482 e. The Morgan fingerprint density at radius 1 is 1.59 bits per heavy atom. The summed E-state index contributed by atoms with van der Waals surface area (Å²) < 4.78 is 5.32. The average Bonchev–Trinajstić information content (AvgIpc) is 2.33. The summed E-state index contributed by atoms with van der Waals surface area (Å²) in [6, 6.07) is 7.64. The molecule has 0 fully saturated rings. The van der Waals surface area contributed by atoms with E-state index in [-0.39, 0.29) is 19.1 Å². The third-order valence-corrected chi connectivity index (χ3v) is 2.58. The average molecular weight is 231 g/mol. The zero-order valence-electron chi connectivity index (χ0n) is 9.56. The quantitative estimate of drug-likeness (QED) is 0.776. The smallest absolute Gasteiger partial charge is 0.265 e. The zero-order valence-corrected chi connectivity index (χ0v) is 9.56. The summed E-state index contributed by atoms with van der Waals surface area (Å²) in [4.78, 5) is 13.1. The van der Waals surface area contributed by atoms with E-state index in [0.29, 0.717) is 18.0 Å². The highest BCUT2D eigenvalue weighted by atomic mass is 16.5. The van der Waals surface area contributed by atoms with Crippen molar-refractivity contribution >= 4 is 11.6 Å². The van der Waals surface area contributed by atoms with Crippen LogP contribution in [0.4, 0.5) is 5.69 Å². The van der Waals surface area contributed by atoms with Crippen molar-refractivity contribution in [2.24, 2.45) is 0 Å². The minimum absolute atomic E-state index is 0.0000540. The second kappa shape index (κ2) is 4.85. The summed E-state index contributed by atoms with van der Waals surface area (Å²) in [5, 5.41) is 11.8. The minimum atomic E-state index is -0.180. The predicted molar refractivity (Wildman–Crippen MR) is 62.7 cm³/mol. The molecule has 0 unspecified atom stereocenters. The summed E-state index contributed by atoms with van der Waals surface area (Å²) in [5.74, 6) is 0.473. The Balaban J connectivity index is 2.38. The van der Waals surface area contributed by atoms with Crippen LogP contribution in [-0.2, 0) is 11.3 Å². The number of hydrogen-bond donors (Lipinski definition) is 1. The molecule has 0 spiro atoms. The first kappa shape index (κ1) is 11.4. The number of carbonyl (C=O) groups excluding carboxylic acids is 1. The van der Waals surface area contributed by atoms with Crippen molar-refractivity contribution in [3.05, 3.63) is 23.8 Å². The van der Waals surface area contributed by atoms with Crippen LogP contribution in [0.15, 0.2) is 18.2 Å². The Labute approximate surface area is 99.6 Å². The van der Waals surface area contributed by atoms with Gasteiger partial charge in [0.15, 0.2) is 6.61 Å². The van der Waals surface area contributed by atoms with Crippen LogP contribution in [0.1, 0.15) is 5.56 Å². The van der Waals surface area contributed by atoms with E-state index in [0.717, 1.165) is 5.56 Å². The van der Waals surface area contributed by atoms with Gasteiger partial charge in [0.05, 0.1) is 11.8 Å². The lowest BCUT2D eigenvalue weighted by molar-refractivity contribution is -0.121. The number of ether oxygens (including phenoxy) is 1. The number of amides is 1. The summed E-state index contributed by atoms with van der Waals surface area (Å²) >= 11 is 0. The summed E-state index contributed by atoms with van der Waals surface area (Å²) in [6.45, 7) is 0.764. The van der Waals surface area contributed by atoms with E-state index < -0.39 is 0 Å². The lowest BCUT2D eigenvalue weighted by atomic mass is 10.1. The second-order valence-electron chi connectivity index (χ2n) is 3.76. The minimum Gasteiger partial charge on any atom is -0.482 e. The molecule has 1 aliphatic rings. The topological polar surface area (TPSA) is 65.4 Å². The van der Waals surface area contributed by atoms with Gasteiger partial charge in [0.2, 0.25) is 0 Å². The van der Waals surface area contributed by atoms with Gasteiger partial charge in [-0.15, -0.1) is 0 Å². The predicted octanol–water partition coefficient (Wildman–Crippen LogP) is 0.655. The molecule has 1 amide bonds. The molecule has 0 aromatic heterocycles. The lowest BCUT2D eigenvalue weighted by Gasteiger charge is -2.27. The van der Waals surface area contributed by atoms with Crippen molar-refractivity contribution in [2.45, 2.75) is 6.54 Å². The van der Waals surface area contributed by atoms with E-state index in [1.54, 1.807) is 0 Å². The first-order valence-electron chi connectivity index (χ1n) is 5.34. The fourth-order valence-corrected chi connectivity index (χ4v) is 1.81. The van der Waals surface area contributed by atoms with Gasteiger partial charge in [0, 0.05) is 6.54 Å². The van der Waals surface area contributed by atoms with Crippen LogP contribution >= 0.6 is 0 Å². The number of nitrogens with one attached hydrogen (secondary N) is 1. The maximum atomic E-state index is 11.7. The maximum absolute atomic E-state index is 11.7. The van der Waals surface area contributed by atoms with E-state index in [4.69, 9.17) is 10.00 Å². The van der Waals surface area contributed by atoms with E-state index in [2.05, 4.69) is 5.32 Å². The molecule has 88 valence electrons. The van der Waals surface area contributed by atoms with E-state index in [1.807, 2.05) is 31.3 Å². The van der Waals surface area contributed by atoms with Crippen LogP contribution in [0.5, 0.6) is 5.75 Å². The van der Waals surface area contributed by atoms with Gasteiger partial charge >= 0.3 is 0 Å². The van der Waals surface area contributed by atoms with Gasteiger partial charge in [0.1, 0.15) is 12.3 Å². The third kappa shape index (κ3) is 2.22. The molecule has 0 bridgehead atoms. The van der Waals surface area contributed by atoms with Crippen molar-refractivity contribution in [2.75, 3.05) is 25.1 Å². The van der Waals surface area contributed by atoms with Gasteiger partial charge in [0.25, 0.3) is 5.91 Å². The number of fused-ring (bicyclic) bond motifs is 1. The molecule has 0 saturated carbocycles. The highest BCUT2D eigenvalue weighted by Gasteiger charge is 2.25. The first-order chi connectivity index (χ1) is 8.26. The number of rotatable bonds is 3. The van der Waals surface area contributed by atoms with Gasteiger partial charge in [-0.3, -0.25) is 9.69 Å². The standard InChI is InChI=1S/C12H13N3O2/c1-14-7-9-2-3-11-10(6-9)15(5-4-13)12(16)8-17-11/h2-3,6,14H,5,7-8H2,1H3. The van der Waals surface area contributed by atoms with Gasteiger partial charge in [-0.2, -0.15) is 5.26 Å². The first-order valence-corrected chi connectivity index (χ1v) is 5.34. The SMILES string of the molecule is CNCc1ccc2c(c1)N(CC#N)C(=O)CO2. The van der Waals surface area contributed by atoms with Crippen LogP contribution < -0.4 is 15.0 Å². The fourth-order valence-electron chi connectivity index (χ4n) is 1.81. The number of hydrogen-bond acceptors (Lipinski definition) is 4. The second-order valence-corrected chi connectivity index (χ2v) is 3.76. The maximum Gasteiger partial charge on any atom is 0.265 e. The number of nitrogens with zero attached hydrogens (tertiary/aromatic N) is 2. The molecular formula is C12H13N3O2. The molecule has 5 heteroatoms. The number of anilines is 1. The number of nitriles is 1. The summed E-state index contributed by atoms with van der Waals surface area (Å²) in [6.07, 6.45) is 0. The Bertz CT molecular complexity index is 479. The van der Waals surface area contributed by atoms with Crippen molar-refractivity contribution in [1.29, 1.82) is 5.26 Å². The molecule has 0 aliphatic carbocycles. The summed E-state index contributed by atoms with van der Waals surface area (Å²) in [5.41, 5.74) is 1.73. The van der Waals surface area contributed by atoms with Crippen LogP contribution in [0.2, 0.25) is 0 Å². The Morgan fingerprint density at radius 2 is 2.41 bits per heavy atom. The number of carbonyl (C=O) groups is 1. The van der Waals surface area contributed by atoms with Crippen molar-refractivity contribution in [3.8, 4) is 11.8 Å². The highest BCUT2D eigenvalue weighted by Crippen LogP contribution is 2.32. The molecule has 0 radical (unpaired) electrons. The van der Waals surface area contributed by atoms with E-state index in [1.165, 1.54) is 4.90 Å². The molecule has 0 saturated heterocycles. The molecule has 1 aliphatic heterocycles. The van der Waals surface area contributed by atoms with Crippen LogP contribution in [0.25, 0.3) is 0 Å². The van der Waals surface area contributed by atoms with Crippen LogP contribution in [0.3, 0.4) is 0 Å². The van der Waals surface area contributed by atoms with Crippen molar-refractivity contribution < 1.29 is 9.53 Å². The Morgan fingerprint density at radius 3 is 3.12 bits per heavy atom. The normalized spacial score (nSPS) is 13.9. The van der Waals surface area contributed by atoms with Gasteiger partial charge in [-0.05, 0) is 24.7 Å². The van der Waals surface area contributed by atoms with Gasteiger partial charge in [-0.1, -0.05) is 6.07 Å².